The summed E-state index contributed by atoms with van der Waals surface area (Å²) in [5.74, 6) is -0.149. The summed E-state index contributed by atoms with van der Waals surface area (Å²) in [5, 5.41) is 2.87. The monoisotopic (exact) mass is 351 g/mol. The summed E-state index contributed by atoms with van der Waals surface area (Å²) in [6.07, 6.45) is 0. The van der Waals surface area contributed by atoms with E-state index in [2.05, 4.69) is 5.32 Å². The van der Waals surface area contributed by atoms with Crippen LogP contribution in [0.5, 0.6) is 0 Å². The van der Waals surface area contributed by atoms with E-state index in [0.29, 0.717) is 0 Å². The zero-order valence-electron chi connectivity index (χ0n) is 9.39. The van der Waals surface area contributed by atoms with Crippen molar-refractivity contribution in [1.82, 2.24) is 0 Å². The SMILES string of the molecule is O=C1Nc2ccccc2C1(OI)c1ccccc1. The molecule has 0 saturated carbocycles. The first kappa shape index (κ1) is 11.7. The fourth-order valence-electron chi connectivity index (χ4n) is 2.31. The highest BCUT2D eigenvalue weighted by molar-refractivity contribution is 14.1. The van der Waals surface area contributed by atoms with Gasteiger partial charge in [0.1, 0.15) is 23.0 Å². The summed E-state index contributed by atoms with van der Waals surface area (Å²) in [6, 6.07) is 17.1. The molecule has 0 aromatic heterocycles. The molecule has 3 nitrogen and oxygen atoms in total. The predicted octanol–water partition coefficient (Wildman–Crippen LogP) is 3.25. The molecule has 1 amide bonds. The second-order valence-corrected chi connectivity index (χ2v) is 4.56. The van der Waals surface area contributed by atoms with Gasteiger partial charge in [-0.05, 0) is 11.6 Å². The zero-order chi connectivity index (χ0) is 12.6. The summed E-state index contributed by atoms with van der Waals surface area (Å²) >= 11 is 1.80. The maximum absolute atomic E-state index is 12.3. The molecule has 1 aliphatic heterocycles. The van der Waals surface area contributed by atoms with Crippen LogP contribution in [0.15, 0.2) is 54.6 Å². The number of para-hydroxylation sites is 1. The molecule has 0 saturated heterocycles. The van der Waals surface area contributed by atoms with Crippen LogP contribution in [0.1, 0.15) is 11.1 Å². The molecule has 18 heavy (non-hydrogen) atoms. The van der Waals surface area contributed by atoms with Gasteiger partial charge < -0.3 is 5.32 Å². The lowest BCUT2D eigenvalue weighted by Crippen LogP contribution is -2.35. The van der Waals surface area contributed by atoms with Gasteiger partial charge in [0.25, 0.3) is 5.91 Å². The van der Waals surface area contributed by atoms with Gasteiger partial charge >= 0.3 is 0 Å². The molecule has 4 heteroatoms. The van der Waals surface area contributed by atoms with Crippen molar-refractivity contribution in [2.45, 2.75) is 5.60 Å². The van der Waals surface area contributed by atoms with Crippen LogP contribution < -0.4 is 5.32 Å². The van der Waals surface area contributed by atoms with Crippen LogP contribution in [0.25, 0.3) is 0 Å². The summed E-state index contributed by atoms with van der Waals surface area (Å²) in [4.78, 5) is 12.3. The van der Waals surface area contributed by atoms with E-state index in [1.54, 1.807) is 23.0 Å². The molecular weight excluding hydrogens is 341 g/mol. The van der Waals surface area contributed by atoms with Crippen LogP contribution in [0, 0.1) is 0 Å². The Hall–Kier alpha value is -1.40. The molecule has 1 unspecified atom stereocenters. The van der Waals surface area contributed by atoms with Crippen LogP contribution in [0.3, 0.4) is 0 Å². The topological polar surface area (TPSA) is 38.3 Å². The molecule has 1 atom stereocenters. The number of hydrogen-bond donors (Lipinski definition) is 1. The van der Waals surface area contributed by atoms with Crippen molar-refractivity contribution in [1.29, 1.82) is 0 Å². The fraction of sp³-hybridized carbons (Fsp3) is 0.0714. The Bertz CT molecular complexity index is 600. The zero-order valence-corrected chi connectivity index (χ0v) is 11.5. The fourth-order valence-corrected chi connectivity index (χ4v) is 3.00. The Labute approximate surface area is 119 Å². The Balaban J connectivity index is 2.27. The molecule has 2 aromatic carbocycles. The lowest BCUT2D eigenvalue weighted by atomic mass is 9.88. The minimum Gasteiger partial charge on any atom is -0.323 e. The highest BCUT2D eigenvalue weighted by atomic mass is 127. The predicted molar refractivity (Wildman–Crippen MR) is 77.4 cm³/mol. The number of anilines is 1. The third kappa shape index (κ3) is 1.49. The van der Waals surface area contributed by atoms with Gasteiger partial charge in [0.05, 0.1) is 0 Å². The summed E-state index contributed by atoms with van der Waals surface area (Å²) in [5.41, 5.74) is 1.46. The van der Waals surface area contributed by atoms with E-state index in [0.717, 1.165) is 16.8 Å². The van der Waals surface area contributed by atoms with Crippen molar-refractivity contribution in [3.8, 4) is 0 Å². The van der Waals surface area contributed by atoms with Gasteiger partial charge in [-0.3, -0.25) is 7.86 Å². The quantitative estimate of drug-likeness (QED) is 0.844. The van der Waals surface area contributed by atoms with Crippen molar-refractivity contribution in [3.05, 3.63) is 65.7 Å². The molecule has 0 aliphatic carbocycles. The molecule has 0 fully saturated rings. The van der Waals surface area contributed by atoms with Crippen LogP contribution in [0.2, 0.25) is 0 Å². The molecule has 1 heterocycles. The van der Waals surface area contributed by atoms with Crippen LogP contribution in [-0.2, 0) is 13.5 Å². The van der Waals surface area contributed by atoms with Crippen LogP contribution in [-0.4, -0.2) is 5.91 Å². The third-order valence-electron chi connectivity index (χ3n) is 3.17. The second-order valence-electron chi connectivity index (χ2n) is 4.12. The number of nitrogens with one attached hydrogen (secondary N) is 1. The van der Waals surface area contributed by atoms with Gasteiger partial charge in [-0.2, -0.15) is 0 Å². The number of rotatable bonds is 2. The van der Waals surface area contributed by atoms with E-state index in [9.17, 15) is 4.79 Å². The largest absolute Gasteiger partial charge is 0.323 e. The summed E-state index contributed by atoms with van der Waals surface area (Å²) in [6.45, 7) is 0. The van der Waals surface area contributed by atoms with E-state index in [1.165, 1.54) is 0 Å². The third-order valence-corrected chi connectivity index (χ3v) is 3.83. The van der Waals surface area contributed by atoms with E-state index in [-0.39, 0.29) is 5.91 Å². The number of fused-ring (bicyclic) bond motifs is 1. The Morgan fingerprint density at radius 1 is 1.00 bits per heavy atom. The molecule has 90 valence electrons. The van der Waals surface area contributed by atoms with E-state index in [4.69, 9.17) is 3.07 Å². The number of amides is 1. The number of carbonyl (C=O) groups is 1. The molecule has 0 spiro atoms. The van der Waals surface area contributed by atoms with Gasteiger partial charge in [-0.15, -0.1) is 0 Å². The second kappa shape index (κ2) is 4.37. The van der Waals surface area contributed by atoms with Gasteiger partial charge in [0, 0.05) is 11.3 Å². The number of carbonyl (C=O) groups excluding carboxylic acids is 1. The average Bonchev–Trinajstić information content (AvgIpc) is 2.72. The van der Waals surface area contributed by atoms with Gasteiger partial charge in [-0.25, -0.2) is 0 Å². The van der Waals surface area contributed by atoms with Crippen molar-refractivity contribution in [3.63, 3.8) is 0 Å². The minimum atomic E-state index is -1.04. The van der Waals surface area contributed by atoms with Gasteiger partial charge in [0.15, 0.2) is 0 Å². The molecule has 2 aromatic rings. The van der Waals surface area contributed by atoms with Crippen LogP contribution in [0.4, 0.5) is 5.69 Å². The van der Waals surface area contributed by atoms with Crippen LogP contribution >= 0.6 is 23.0 Å². The minimum absolute atomic E-state index is 0.149. The lowest BCUT2D eigenvalue weighted by Gasteiger charge is -2.24. The molecular formula is C14H10INO2. The van der Waals surface area contributed by atoms with Gasteiger partial charge in [0.2, 0.25) is 5.60 Å². The molecule has 3 rings (SSSR count). The standard InChI is InChI=1S/C14H10INO2/c15-18-14(10-6-2-1-3-7-10)11-8-4-5-9-12(11)16-13(14)17/h1-9H,(H,16,17). The molecule has 0 bridgehead atoms. The highest BCUT2D eigenvalue weighted by Gasteiger charge is 2.49. The number of benzene rings is 2. The van der Waals surface area contributed by atoms with Crippen molar-refractivity contribution < 1.29 is 7.86 Å². The van der Waals surface area contributed by atoms with Crippen molar-refractivity contribution >= 4 is 34.6 Å². The Morgan fingerprint density at radius 2 is 1.67 bits per heavy atom. The number of halogens is 1. The Kier molecular flexibility index (Phi) is 2.83. The van der Waals surface area contributed by atoms with E-state index in [1.807, 2.05) is 54.6 Å². The molecule has 1 N–H and O–H groups in total. The van der Waals surface area contributed by atoms with Gasteiger partial charge in [-0.1, -0.05) is 48.5 Å². The molecule has 1 aliphatic rings. The maximum atomic E-state index is 12.3. The van der Waals surface area contributed by atoms with E-state index >= 15 is 0 Å². The first-order chi connectivity index (χ1) is 8.79. The van der Waals surface area contributed by atoms with E-state index < -0.39 is 5.60 Å². The van der Waals surface area contributed by atoms with Crippen molar-refractivity contribution in [2.24, 2.45) is 0 Å². The maximum Gasteiger partial charge on any atom is 0.267 e. The summed E-state index contributed by atoms with van der Waals surface area (Å²) in [7, 11) is 0. The highest BCUT2D eigenvalue weighted by Crippen LogP contribution is 2.44. The Morgan fingerprint density at radius 3 is 2.39 bits per heavy atom. The first-order valence-corrected chi connectivity index (χ1v) is 6.43. The lowest BCUT2D eigenvalue weighted by molar-refractivity contribution is -0.125. The van der Waals surface area contributed by atoms with Crippen molar-refractivity contribution in [2.75, 3.05) is 5.32 Å². The normalized spacial score (nSPS) is 21.5. The summed E-state index contributed by atoms with van der Waals surface area (Å²) < 4.78 is 5.58. The average molecular weight is 351 g/mol. The first-order valence-electron chi connectivity index (χ1n) is 5.55. The number of hydrogen-bond acceptors (Lipinski definition) is 2. The smallest absolute Gasteiger partial charge is 0.267 e. The molecule has 0 radical (unpaired) electrons.